The fourth-order valence-electron chi connectivity index (χ4n) is 3.14. The molecule has 0 radical (unpaired) electrons. The average molecular weight is 292 g/mol. The second-order valence-electron chi connectivity index (χ2n) is 6.02. The third-order valence-electron chi connectivity index (χ3n) is 4.22. The number of nitrogen functional groups attached to an aromatic ring is 1. The number of anilines is 2. The second kappa shape index (κ2) is 7.26. The Hall–Kier alpha value is -1.82. The highest BCUT2D eigenvalue weighted by Gasteiger charge is 2.18. The Morgan fingerprint density at radius 1 is 1.33 bits per heavy atom. The highest BCUT2D eigenvalue weighted by Crippen LogP contribution is 2.31. The van der Waals surface area contributed by atoms with E-state index in [-0.39, 0.29) is 5.69 Å². The van der Waals surface area contributed by atoms with E-state index in [1.807, 2.05) is 0 Å². The smallest absolute Gasteiger partial charge is 0.273 e. The number of nitrogens with one attached hydrogen (secondary N) is 2. The van der Waals surface area contributed by atoms with E-state index < -0.39 is 4.92 Å². The zero-order valence-electron chi connectivity index (χ0n) is 12.5. The molecule has 2 rings (SSSR count). The van der Waals surface area contributed by atoms with Crippen LogP contribution in [0.1, 0.15) is 39.0 Å². The molecule has 0 bridgehead atoms. The molecule has 0 amide bonds. The summed E-state index contributed by atoms with van der Waals surface area (Å²) in [7, 11) is 0. The molecule has 1 aromatic carbocycles. The van der Waals surface area contributed by atoms with Gasteiger partial charge in [0.15, 0.2) is 0 Å². The summed E-state index contributed by atoms with van der Waals surface area (Å²) in [4.78, 5) is 10.5. The minimum atomic E-state index is -0.408. The molecule has 1 fully saturated rings. The summed E-state index contributed by atoms with van der Waals surface area (Å²) in [5, 5.41) is 14.2. The highest BCUT2D eigenvalue weighted by molar-refractivity contribution is 5.63. The lowest BCUT2D eigenvalue weighted by atomic mass is 9.81. The van der Waals surface area contributed by atoms with Crippen LogP contribution in [0.15, 0.2) is 18.2 Å². The number of hydrogen-bond acceptors (Lipinski definition) is 5. The van der Waals surface area contributed by atoms with E-state index in [9.17, 15) is 10.1 Å². The molecule has 1 aromatic rings. The maximum absolute atomic E-state index is 10.9. The van der Waals surface area contributed by atoms with E-state index >= 15 is 0 Å². The van der Waals surface area contributed by atoms with Crippen LogP contribution < -0.4 is 16.6 Å². The Labute approximate surface area is 125 Å². The van der Waals surface area contributed by atoms with Gasteiger partial charge in [0.25, 0.3) is 5.69 Å². The molecule has 0 spiro atoms. The number of benzene rings is 1. The molecule has 0 aliphatic heterocycles. The third-order valence-corrected chi connectivity index (χ3v) is 4.22. The summed E-state index contributed by atoms with van der Waals surface area (Å²) in [6.07, 6.45) is 6.38. The van der Waals surface area contributed by atoms with Crippen molar-refractivity contribution in [2.45, 2.75) is 39.0 Å². The van der Waals surface area contributed by atoms with E-state index in [0.29, 0.717) is 5.69 Å². The average Bonchev–Trinajstić information content (AvgIpc) is 2.47. The molecule has 1 aliphatic rings. The SMILES string of the molecule is CC1CCCC(CCNc2cc(NN)cc([N+](=O)[O-])c2)C1. The van der Waals surface area contributed by atoms with Crippen molar-refractivity contribution in [2.24, 2.45) is 17.7 Å². The predicted molar refractivity (Wildman–Crippen MR) is 85.1 cm³/mol. The molecular formula is C15H24N4O2. The lowest BCUT2D eigenvalue weighted by Gasteiger charge is -2.26. The molecule has 4 N–H and O–H groups in total. The number of non-ortho nitro benzene ring substituents is 1. The van der Waals surface area contributed by atoms with Gasteiger partial charge < -0.3 is 10.7 Å². The summed E-state index contributed by atoms with van der Waals surface area (Å²) < 4.78 is 0. The number of nitrogens with two attached hydrogens (primary N) is 1. The van der Waals surface area contributed by atoms with Crippen LogP contribution in [0.25, 0.3) is 0 Å². The maximum Gasteiger partial charge on any atom is 0.273 e. The van der Waals surface area contributed by atoms with Crippen LogP contribution in [0, 0.1) is 22.0 Å². The molecule has 1 aliphatic carbocycles. The molecule has 0 heterocycles. The van der Waals surface area contributed by atoms with Crippen LogP contribution in [0.5, 0.6) is 0 Å². The Morgan fingerprint density at radius 3 is 2.76 bits per heavy atom. The fraction of sp³-hybridized carbons (Fsp3) is 0.600. The largest absolute Gasteiger partial charge is 0.385 e. The molecule has 0 saturated heterocycles. The van der Waals surface area contributed by atoms with Gasteiger partial charge in [-0.05, 0) is 30.7 Å². The zero-order chi connectivity index (χ0) is 15.2. The Balaban J connectivity index is 1.90. The first-order chi connectivity index (χ1) is 10.1. The zero-order valence-corrected chi connectivity index (χ0v) is 12.5. The first-order valence-electron chi connectivity index (χ1n) is 7.58. The summed E-state index contributed by atoms with van der Waals surface area (Å²) in [6, 6.07) is 4.76. The highest BCUT2D eigenvalue weighted by atomic mass is 16.6. The van der Waals surface area contributed by atoms with Gasteiger partial charge in [-0.15, -0.1) is 0 Å². The van der Waals surface area contributed by atoms with Crippen molar-refractivity contribution in [1.29, 1.82) is 0 Å². The van der Waals surface area contributed by atoms with Crippen molar-refractivity contribution >= 4 is 17.1 Å². The minimum Gasteiger partial charge on any atom is -0.385 e. The Kier molecular flexibility index (Phi) is 5.38. The maximum atomic E-state index is 10.9. The van der Waals surface area contributed by atoms with Crippen LogP contribution in [0.4, 0.5) is 17.1 Å². The van der Waals surface area contributed by atoms with E-state index in [0.717, 1.165) is 30.5 Å². The monoisotopic (exact) mass is 292 g/mol. The molecular weight excluding hydrogens is 268 g/mol. The van der Waals surface area contributed by atoms with Gasteiger partial charge >= 0.3 is 0 Å². The van der Waals surface area contributed by atoms with Crippen LogP contribution in [-0.2, 0) is 0 Å². The normalized spacial score (nSPS) is 21.8. The van der Waals surface area contributed by atoms with Crippen molar-refractivity contribution in [3.8, 4) is 0 Å². The molecule has 2 atom stereocenters. The minimum absolute atomic E-state index is 0.0410. The van der Waals surface area contributed by atoms with Crippen LogP contribution >= 0.6 is 0 Å². The molecule has 6 heteroatoms. The predicted octanol–water partition coefficient (Wildman–Crippen LogP) is 3.51. The molecule has 116 valence electrons. The lowest BCUT2D eigenvalue weighted by Crippen LogP contribution is -2.16. The summed E-state index contributed by atoms with van der Waals surface area (Å²) >= 11 is 0. The van der Waals surface area contributed by atoms with Gasteiger partial charge in [-0.3, -0.25) is 16.0 Å². The first-order valence-corrected chi connectivity index (χ1v) is 7.58. The Morgan fingerprint density at radius 2 is 2.10 bits per heavy atom. The first kappa shape index (κ1) is 15.6. The summed E-state index contributed by atoms with van der Waals surface area (Å²) in [6.45, 7) is 3.15. The van der Waals surface area contributed by atoms with Crippen molar-refractivity contribution < 1.29 is 4.92 Å². The summed E-state index contributed by atoms with van der Waals surface area (Å²) in [5.41, 5.74) is 3.78. The number of nitro groups is 1. The van der Waals surface area contributed by atoms with E-state index in [1.54, 1.807) is 12.1 Å². The number of nitrogens with zero attached hydrogens (tertiary/aromatic N) is 1. The van der Waals surface area contributed by atoms with E-state index in [1.165, 1.54) is 31.7 Å². The molecule has 2 unspecified atom stereocenters. The van der Waals surface area contributed by atoms with Crippen LogP contribution in [-0.4, -0.2) is 11.5 Å². The van der Waals surface area contributed by atoms with Gasteiger partial charge in [0.05, 0.1) is 10.6 Å². The van der Waals surface area contributed by atoms with Crippen molar-refractivity contribution in [3.05, 3.63) is 28.3 Å². The standard InChI is InChI=1S/C15H24N4O2/c1-11-3-2-4-12(7-11)5-6-17-13-8-14(18-16)10-15(9-13)19(20)21/h8-12,17-18H,2-7,16H2,1H3. The fourth-order valence-corrected chi connectivity index (χ4v) is 3.14. The van der Waals surface area contributed by atoms with Gasteiger partial charge in [0.2, 0.25) is 0 Å². The van der Waals surface area contributed by atoms with Crippen molar-refractivity contribution in [3.63, 3.8) is 0 Å². The second-order valence-corrected chi connectivity index (χ2v) is 6.02. The van der Waals surface area contributed by atoms with Gasteiger partial charge in [-0.1, -0.05) is 26.2 Å². The summed E-state index contributed by atoms with van der Waals surface area (Å²) in [5.74, 6) is 6.95. The number of rotatable bonds is 6. The topological polar surface area (TPSA) is 93.2 Å². The Bertz CT molecular complexity index is 493. The van der Waals surface area contributed by atoms with Crippen LogP contribution in [0.3, 0.4) is 0 Å². The molecule has 6 nitrogen and oxygen atoms in total. The molecule has 0 aromatic heterocycles. The number of hydrogen-bond donors (Lipinski definition) is 3. The van der Waals surface area contributed by atoms with Gasteiger partial charge in [-0.2, -0.15) is 0 Å². The van der Waals surface area contributed by atoms with Gasteiger partial charge in [0, 0.05) is 24.4 Å². The molecule has 1 saturated carbocycles. The quantitative estimate of drug-likeness (QED) is 0.424. The van der Waals surface area contributed by atoms with Gasteiger partial charge in [0.1, 0.15) is 0 Å². The number of hydrazine groups is 1. The van der Waals surface area contributed by atoms with Gasteiger partial charge in [-0.25, -0.2) is 0 Å². The lowest BCUT2D eigenvalue weighted by molar-refractivity contribution is -0.384. The number of nitro benzene ring substituents is 1. The van der Waals surface area contributed by atoms with E-state index in [4.69, 9.17) is 5.84 Å². The molecule has 21 heavy (non-hydrogen) atoms. The van der Waals surface area contributed by atoms with Crippen molar-refractivity contribution in [1.82, 2.24) is 0 Å². The third kappa shape index (κ3) is 4.60. The van der Waals surface area contributed by atoms with E-state index in [2.05, 4.69) is 17.7 Å². The van der Waals surface area contributed by atoms with Crippen molar-refractivity contribution in [2.75, 3.05) is 17.3 Å². The van der Waals surface area contributed by atoms with Crippen LogP contribution in [0.2, 0.25) is 0 Å².